The Kier molecular flexibility index (Phi) is 3.65. The zero-order valence-corrected chi connectivity index (χ0v) is 12.5. The molecule has 0 aliphatic carbocycles. The summed E-state index contributed by atoms with van der Waals surface area (Å²) in [6.07, 6.45) is 2.21. The van der Waals surface area contributed by atoms with Gasteiger partial charge >= 0.3 is 0 Å². The van der Waals surface area contributed by atoms with E-state index >= 15 is 0 Å². The summed E-state index contributed by atoms with van der Waals surface area (Å²) in [5, 5.41) is 6.47. The lowest BCUT2D eigenvalue weighted by atomic mass is 10.0. The van der Waals surface area contributed by atoms with E-state index in [-0.39, 0.29) is 5.91 Å². The summed E-state index contributed by atoms with van der Waals surface area (Å²) in [5.74, 6) is -0.0358. The smallest absolute Gasteiger partial charge is 0.256 e. The van der Waals surface area contributed by atoms with Crippen LogP contribution in [0.25, 0.3) is 0 Å². The van der Waals surface area contributed by atoms with Gasteiger partial charge in [-0.3, -0.25) is 4.79 Å². The molecular weight excluding hydrogens is 260 g/mol. The average molecular weight is 280 g/mol. The van der Waals surface area contributed by atoms with E-state index in [1.807, 2.05) is 44.2 Å². The van der Waals surface area contributed by atoms with Crippen LogP contribution in [0, 0.1) is 13.8 Å². The fourth-order valence-corrected chi connectivity index (χ4v) is 2.97. The highest BCUT2D eigenvalue weighted by molar-refractivity contribution is 6.08. The molecule has 0 fully saturated rings. The predicted octanol–water partition coefficient (Wildman–Crippen LogP) is 3.91. The van der Waals surface area contributed by atoms with Crippen molar-refractivity contribution in [3.05, 3.63) is 58.7 Å². The third kappa shape index (κ3) is 2.64. The van der Waals surface area contributed by atoms with Gasteiger partial charge in [-0.25, -0.2) is 0 Å². The third-order valence-corrected chi connectivity index (χ3v) is 4.03. The molecule has 2 aromatic rings. The first-order valence-corrected chi connectivity index (χ1v) is 7.40. The number of carbonyl (C=O) groups is 1. The van der Waals surface area contributed by atoms with Crippen molar-refractivity contribution in [1.82, 2.24) is 0 Å². The summed E-state index contributed by atoms with van der Waals surface area (Å²) in [6, 6.07) is 12.0. The topological polar surface area (TPSA) is 41.1 Å². The molecule has 1 amide bonds. The molecule has 1 heterocycles. The number of para-hydroxylation sites is 1. The molecular formula is C18H20N2O. The van der Waals surface area contributed by atoms with E-state index in [2.05, 4.69) is 16.7 Å². The minimum atomic E-state index is -0.0358. The van der Waals surface area contributed by atoms with Crippen LogP contribution in [-0.2, 0) is 6.42 Å². The van der Waals surface area contributed by atoms with E-state index in [0.717, 1.165) is 47.5 Å². The number of carbonyl (C=O) groups excluding carboxylic acids is 1. The lowest BCUT2D eigenvalue weighted by Gasteiger charge is -2.21. The summed E-state index contributed by atoms with van der Waals surface area (Å²) in [7, 11) is 0. The molecule has 3 nitrogen and oxygen atoms in total. The number of hydrogen-bond donors (Lipinski definition) is 2. The Hall–Kier alpha value is -2.29. The number of benzene rings is 2. The van der Waals surface area contributed by atoms with Crippen molar-refractivity contribution in [3.8, 4) is 0 Å². The second-order valence-electron chi connectivity index (χ2n) is 5.59. The van der Waals surface area contributed by atoms with Crippen LogP contribution in [0.3, 0.4) is 0 Å². The fraction of sp³-hybridized carbons (Fsp3) is 0.278. The number of amides is 1. The van der Waals surface area contributed by atoms with Crippen LogP contribution < -0.4 is 10.6 Å². The number of anilines is 2. The summed E-state index contributed by atoms with van der Waals surface area (Å²) < 4.78 is 0. The zero-order valence-electron chi connectivity index (χ0n) is 12.5. The molecule has 0 radical (unpaired) electrons. The molecule has 108 valence electrons. The van der Waals surface area contributed by atoms with Crippen LogP contribution in [0.2, 0.25) is 0 Å². The number of aryl methyl sites for hydroxylation is 3. The van der Waals surface area contributed by atoms with Crippen molar-refractivity contribution in [1.29, 1.82) is 0 Å². The number of nitrogens with one attached hydrogen (secondary N) is 2. The van der Waals surface area contributed by atoms with E-state index in [1.54, 1.807) is 0 Å². The van der Waals surface area contributed by atoms with Gasteiger partial charge in [-0.1, -0.05) is 30.3 Å². The lowest BCUT2D eigenvalue weighted by molar-refractivity contribution is 0.102. The number of rotatable bonds is 2. The fourth-order valence-electron chi connectivity index (χ4n) is 2.97. The molecule has 1 aliphatic heterocycles. The largest absolute Gasteiger partial charge is 0.383 e. The summed E-state index contributed by atoms with van der Waals surface area (Å²) >= 11 is 0. The van der Waals surface area contributed by atoms with Crippen molar-refractivity contribution in [3.63, 3.8) is 0 Å². The van der Waals surface area contributed by atoms with E-state index < -0.39 is 0 Å². The molecule has 0 saturated carbocycles. The molecule has 0 bridgehead atoms. The van der Waals surface area contributed by atoms with E-state index in [1.165, 1.54) is 5.56 Å². The van der Waals surface area contributed by atoms with Gasteiger partial charge in [-0.15, -0.1) is 0 Å². The Bertz CT molecular complexity index is 671. The molecule has 1 aliphatic rings. The molecule has 0 aromatic heterocycles. The highest BCUT2D eigenvalue weighted by Crippen LogP contribution is 2.30. The van der Waals surface area contributed by atoms with Crippen molar-refractivity contribution < 1.29 is 4.79 Å². The standard InChI is InChI=1S/C18H20N2O/c1-12-6-3-7-13(2)16(12)18(21)20-15-10-4-8-14-9-5-11-19-17(14)15/h3-4,6-8,10,19H,5,9,11H2,1-2H3,(H,20,21). The monoisotopic (exact) mass is 280 g/mol. The summed E-state index contributed by atoms with van der Waals surface area (Å²) in [4.78, 5) is 12.6. The number of hydrogen-bond acceptors (Lipinski definition) is 2. The van der Waals surface area contributed by atoms with Crippen LogP contribution in [0.4, 0.5) is 11.4 Å². The molecule has 0 unspecified atom stereocenters. The van der Waals surface area contributed by atoms with Gasteiger partial charge < -0.3 is 10.6 Å². The Balaban J connectivity index is 1.92. The molecule has 3 rings (SSSR count). The van der Waals surface area contributed by atoms with Crippen molar-refractivity contribution in [2.45, 2.75) is 26.7 Å². The van der Waals surface area contributed by atoms with E-state index in [4.69, 9.17) is 0 Å². The van der Waals surface area contributed by atoms with Gasteiger partial charge in [0.15, 0.2) is 0 Å². The van der Waals surface area contributed by atoms with Gasteiger partial charge in [0.1, 0.15) is 0 Å². The zero-order chi connectivity index (χ0) is 14.8. The summed E-state index contributed by atoms with van der Waals surface area (Å²) in [6.45, 7) is 4.91. The average Bonchev–Trinajstić information content (AvgIpc) is 2.47. The number of fused-ring (bicyclic) bond motifs is 1. The maximum Gasteiger partial charge on any atom is 0.256 e. The SMILES string of the molecule is Cc1cccc(C)c1C(=O)Nc1cccc2c1NCCC2. The Morgan fingerprint density at radius 2 is 1.81 bits per heavy atom. The van der Waals surface area contributed by atoms with Crippen LogP contribution >= 0.6 is 0 Å². The normalized spacial score (nSPS) is 13.2. The Morgan fingerprint density at radius 1 is 1.10 bits per heavy atom. The highest BCUT2D eigenvalue weighted by Gasteiger charge is 2.16. The van der Waals surface area contributed by atoms with Crippen LogP contribution in [-0.4, -0.2) is 12.5 Å². The second-order valence-corrected chi connectivity index (χ2v) is 5.59. The predicted molar refractivity (Wildman–Crippen MR) is 87.1 cm³/mol. The van der Waals surface area contributed by atoms with Gasteiger partial charge in [0.2, 0.25) is 0 Å². The minimum Gasteiger partial charge on any atom is -0.383 e. The van der Waals surface area contributed by atoms with Gasteiger partial charge in [-0.05, 0) is 49.4 Å². The molecule has 0 saturated heterocycles. The van der Waals surface area contributed by atoms with Gasteiger partial charge in [-0.2, -0.15) is 0 Å². The quantitative estimate of drug-likeness (QED) is 0.875. The molecule has 3 heteroatoms. The minimum absolute atomic E-state index is 0.0358. The first-order valence-electron chi connectivity index (χ1n) is 7.40. The van der Waals surface area contributed by atoms with E-state index in [9.17, 15) is 4.79 Å². The van der Waals surface area contributed by atoms with Gasteiger partial charge in [0.25, 0.3) is 5.91 Å². The molecule has 0 atom stereocenters. The van der Waals surface area contributed by atoms with Crippen molar-refractivity contribution >= 4 is 17.3 Å². The maximum absolute atomic E-state index is 12.6. The molecule has 21 heavy (non-hydrogen) atoms. The van der Waals surface area contributed by atoms with Gasteiger partial charge in [0, 0.05) is 12.1 Å². The molecule has 2 aromatic carbocycles. The van der Waals surface area contributed by atoms with Gasteiger partial charge in [0.05, 0.1) is 11.4 Å². The lowest BCUT2D eigenvalue weighted by Crippen LogP contribution is -2.19. The van der Waals surface area contributed by atoms with E-state index in [0.29, 0.717) is 0 Å². The Labute approximate surface area is 125 Å². The van der Waals surface area contributed by atoms with Crippen molar-refractivity contribution in [2.75, 3.05) is 17.2 Å². The molecule has 2 N–H and O–H groups in total. The van der Waals surface area contributed by atoms with Crippen LogP contribution in [0.5, 0.6) is 0 Å². The highest BCUT2D eigenvalue weighted by atomic mass is 16.1. The first kappa shape index (κ1) is 13.7. The molecule has 0 spiro atoms. The second kappa shape index (κ2) is 5.60. The van der Waals surface area contributed by atoms with Crippen LogP contribution in [0.15, 0.2) is 36.4 Å². The third-order valence-electron chi connectivity index (χ3n) is 4.03. The maximum atomic E-state index is 12.6. The van der Waals surface area contributed by atoms with Crippen LogP contribution in [0.1, 0.15) is 33.5 Å². The Morgan fingerprint density at radius 3 is 2.57 bits per heavy atom. The first-order chi connectivity index (χ1) is 10.2. The summed E-state index contributed by atoms with van der Waals surface area (Å²) in [5.41, 5.74) is 6.00. The van der Waals surface area contributed by atoms with Crippen molar-refractivity contribution in [2.24, 2.45) is 0 Å².